The third-order valence-electron chi connectivity index (χ3n) is 3.30. The van der Waals surface area contributed by atoms with Crippen molar-refractivity contribution in [3.05, 3.63) is 0 Å². The van der Waals surface area contributed by atoms with E-state index in [1.807, 2.05) is 0 Å². The van der Waals surface area contributed by atoms with Crippen LogP contribution in [-0.2, 0) is 0 Å². The number of nitrogens with zero attached hydrogens (tertiary/aromatic N) is 1. The van der Waals surface area contributed by atoms with Crippen molar-refractivity contribution in [2.75, 3.05) is 26.2 Å². The fraction of sp³-hybridized carbons (Fsp3) is 1.00. The van der Waals surface area contributed by atoms with E-state index in [-0.39, 0.29) is 0 Å². The van der Waals surface area contributed by atoms with Gasteiger partial charge in [0, 0.05) is 12.6 Å². The first-order valence-corrected chi connectivity index (χ1v) is 5.36. The lowest BCUT2D eigenvalue weighted by molar-refractivity contribution is 0.125. The van der Waals surface area contributed by atoms with E-state index in [1.165, 1.54) is 45.4 Å². The molecule has 2 saturated heterocycles. The number of hydrogen-bond acceptors (Lipinski definition) is 2. The maximum absolute atomic E-state index is 3.51. The topological polar surface area (TPSA) is 15.3 Å². The summed E-state index contributed by atoms with van der Waals surface area (Å²) in [6.45, 7) is 7.45. The van der Waals surface area contributed by atoms with Crippen LogP contribution in [0.1, 0.15) is 26.2 Å². The van der Waals surface area contributed by atoms with E-state index in [9.17, 15) is 0 Å². The van der Waals surface area contributed by atoms with Crippen molar-refractivity contribution in [2.45, 2.75) is 32.2 Å². The quantitative estimate of drug-likeness (QED) is 0.664. The minimum Gasteiger partial charge on any atom is -0.315 e. The first-order valence-electron chi connectivity index (χ1n) is 5.36. The molecule has 2 heterocycles. The molecule has 2 rings (SSSR count). The standard InChI is InChI=1S/C10H20N2/c1-2-5-12-6-3-4-9-7-11-8-10(9)12/h9-11H,2-8H2,1H3. The van der Waals surface area contributed by atoms with Crippen LogP contribution in [0.2, 0.25) is 0 Å². The lowest BCUT2D eigenvalue weighted by Gasteiger charge is -2.36. The van der Waals surface area contributed by atoms with Crippen molar-refractivity contribution in [1.82, 2.24) is 10.2 Å². The third-order valence-corrected chi connectivity index (χ3v) is 3.30. The maximum Gasteiger partial charge on any atom is 0.0260 e. The SMILES string of the molecule is CCCN1CCCC2CNCC21. The summed E-state index contributed by atoms with van der Waals surface area (Å²) in [6.07, 6.45) is 4.18. The monoisotopic (exact) mass is 168 g/mol. The van der Waals surface area contributed by atoms with Crippen LogP contribution in [0.15, 0.2) is 0 Å². The molecule has 0 saturated carbocycles. The van der Waals surface area contributed by atoms with Crippen LogP contribution in [0.5, 0.6) is 0 Å². The van der Waals surface area contributed by atoms with Gasteiger partial charge in [0.25, 0.3) is 0 Å². The van der Waals surface area contributed by atoms with Crippen molar-refractivity contribution in [3.63, 3.8) is 0 Å². The van der Waals surface area contributed by atoms with Gasteiger partial charge in [-0.2, -0.15) is 0 Å². The molecule has 2 fully saturated rings. The fourth-order valence-electron chi connectivity index (χ4n) is 2.73. The number of fused-ring (bicyclic) bond motifs is 1. The van der Waals surface area contributed by atoms with E-state index in [1.54, 1.807) is 0 Å². The summed E-state index contributed by atoms with van der Waals surface area (Å²) in [6, 6.07) is 0.874. The van der Waals surface area contributed by atoms with Gasteiger partial charge in [-0.05, 0) is 44.8 Å². The molecule has 2 aliphatic rings. The van der Waals surface area contributed by atoms with Crippen LogP contribution in [0, 0.1) is 5.92 Å². The molecular weight excluding hydrogens is 148 g/mol. The second-order valence-corrected chi connectivity index (χ2v) is 4.16. The Morgan fingerprint density at radius 3 is 3.17 bits per heavy atom. The van der Waals surface area contributed by atoms with Crippen molar-refractivity contribution >= 4 is 0 Å². The van der Waals surface area contributed by atoms with Gasteiger partial charge in [0.05, 0.1) is 0 Å². The van der Waals surface area contributed by atoms with Crippen molar-refractivity contribution in [3.8, 4) is 0 Å². The van der Waals surface area contributed by atoms with Crippen molar-refractivity contribution < 1.29 is 0 Å². The summed E-state index contributed by atoms with van der Waals surface area (Å²) in [5.41, 5.74) is 0. The van der Waals surface area contributed by atoms with Crippen molar-refractivity contribution in [2.24, 2.45) is 5.92 Å². The molecule has 12 heavy (non-hydrogen) atoms. The van der Waals surface area contributed by atoms with E-state index >= 15 is 0 Å². The van der Waals surface area contributed by atoms with Gasteiger partial charge >= 0.3 is 0 Å². The molecule has 0 bridgehead atoms. The average Bonchev–Trinajstić information content (AvgIpc) is 2.53. The molecule has 2 nitrogen and oxygen atoms in total. The van der Waals surface area contributed by atoms with Gasteiger partial charge in [0.15, 0.2) is 0 Å². The smallest absolute Gasteiger partial charge is 0.0260 e. The van der Waals surface area contributed by atoms with Gasteiger partial charge in [0.1, 0.15) is 0 Å². The van der Waals surface area contributed by atoms with Crippen LogP contribution in [0.25, 0.3) is 0 Å². The molecule has 2 atom stereocenters. The number of hydrogen-bond donors (Lipinski definition) is 1. The van der Waals surface area contributed by atoms with E-state index < -0.39 is 0 Å². The lowest BCUT2D eigenvalue weighted by atomic mass is 9.92. The predicted octanol–water partition coefficient (Wildman–Crippen LogP) is 1.08. The highest BCUT2D eigenvalue weighted by molar-refractivity contribution is 4.91. The average molecular weight is 168 g/mol. The van der Waals surface area contributed by atoms with Gasteiger partial charge in [-0.1, -0.05) is 6.92 Å². The highest BCUT2D eigenvalue weighted by Gasteiger charge is 2.33. The van der Waals surface area contributed by atoms with Gasteiger partial charge in [0.2, 0.25) is 0 Å². The largest absolute Gasteiger partial charge is 0.315 e. The Bertz CT molecular complexity index is 145. The molecule has 1 N–H and O–H groups in total. The second kappa shape index (κ2) is 3.75. The molecule has 2 unspecified atom stereocenters. The summed E-state index contributed by atoms with van der Waals surface area (Å²) >= 11 is 0. The number of likely N-dealkylation sites (tertiary alicyclic amines) is 1. The summed E-state index contributed by atoms with van der Waals surface area (Å²) in [5.74, 6) is 0.963. The molecule has 0 amide bonds. The highest BCUT2D eigenvalue weighted by Crippen LogP contribution is 2.26. The number of piperidine rings is 1. The Morgan fingerprint density at radius 2 is 2.33 bits per heavy atom. The molecular formula is C10H20N2. The Kier molecular flexibility index (Phi) is 2.66. The zero-order chi connectivity index (χ0) is 8.39. The number of nitrogens with one attached hydrogen (secondary N) is 1. The lowest BCUT2D eigenvalue weighted by Crippen LogP contribution is -2.45. The molecule has 0 aromatic heterocycles. The summed E-state index contributed by atoms with van der Waals surface area (Å²) in [5, 5.41) is 3.51. The minimum absolute atomic E-state index is 0.874. The molecule has 0 radical (unpaired) electrons. The molecule has 0 aliphatic carbocycles. The van der Waals surface area contributed by atoms with Crippen LogP contribution in [0.3, 0.4) is 0 Å². The van der Waals surface area contributed by atoms with E-state index in [2.05, 4.69) is 17.1 Å². The predicted molar refractivity (Wildman–Crippen MR) is 51.2 cm³/mol. The summed E-state index contributed by atoms with van der Waals surface area (Å²) in [4.78, 5) is 2.69. The molecule has 70 valence electrons. The second-order valence-electron chi connectivity index (χ2n) is 4.16. The van der Waals surface area contributed by atoms with Crippen molar-refractivity contribution in [1.29, 1.82) is 0 Å². The molecule has 0 aromatic carbocycles. The fourth-order valence-corrected chi connectivity index (χ4v) is 2.73. The Labute approximate surface area is 75.3 Å². The van der Waals surface area contributed by atoms with E-state index in [4.69, 9.17) is 0 Å². The van der Waals surface area contributed by atoms with Gasteiger partial charge < -0.3 is 5.32 Å². The van der Waals surface area contributed by atoms with E-state index in [0.29, 0.717) is 0 Å². The molecule has 2 heteroatoms. The van der Waals surface area contributed by atoms with Crippen LogP contribution in [0.4, 0.5) is 0 Å². The van der Waals surface area contributed by atoms with Gasteiger partial charge in [-0.3, -0.25) is 4.90 Å². The van der Waals surface area contributed by atoms with Crippen LogP contribution in [-0.4, -0.2) is 37.1 Å². The normalized spacial score (nSPS) is 36.8. The van der Waals surface area contributed by atoms with Crippen LogP contribution < -0.4 is 5.32 Å². The zero-order valence-corrected chi connectivity index (χ0v) is 8.05. The first-order chi connectivity index (χ1) is 5.92. The highest BCUT2D eigenvalue weighted by atomic mass is 15.2. The van der Waals surface area contributed by atoms with Gasteiger partial charge in [-0.15, -0.1) is 0 Å². The third kappa shape index (κ3) is 1.50. The molecule has 2 aliphatic heterocycles. The molecule has 0 spiro atoms. The first kappa shape index (κ1) is 8.52. The Balaban J connectivity index is 1.94. The number of rotatable bonds is 2. The summed E-state index contributed by atoms with van der Waals surface area (Å²) in [7, 11) is 0. The summed E-state index contributed by atoms with van der Waals surface area (Å²) < 4.78 is 0. The Morgan fingerprint density at radius 1 is 1.42 bits per heavy atom. The molecule has 0 aromatic rings. The van der Waals surface area contributed by atoms with E-state index in [0.717, 1.165) is 12.0 Å². The maximum atomic E-state index is 3.51. The van der Waals surface area contributed by atoms with Gasteiger partial charge in [-0.25, -0.2) is 0 Å². The zero-order valence-electron chi connectivity index (χ0n) is 8.05. The van der Waals surface area contributed by atoms with Crippen LogP contribution >= 0.6 is 0 Å². The Hall–Kier alpha value is -0.0800. The minimum atomic E-state index is 0.874.